The largest absolute Gasteiger partial charge is 0.439 e. The Kier molecular flexibility index (Phi) is 11.1. The molecule has 4 rings (SSSR count). The zero-order chi connectivity index (χ0) is 28.9. The van der Waals surface area contributed by atoms with Gasteiger partial charge in [-0.05, 0) is 54.4 Å². The molecule has 12 heteroatoms. The summed E-state index contributed by atoms with van der Waals surface area (Å²) in [6.07, 6.45) is 0.739. The number of benzene rings is 2. The molecule has 3 aromatic rings. The number of ether oxygens (including phenoxy) is 1. The SMILES string of the molecule is CNC(=O)CCN1C(=O)NCN(CCc2ccc(Cl)cc2)C1=O.CNc1ccc(Oc2cccc(C#N)n2)cc1. The molecule has 0 atom stereocenters. The van der Waals surface area contributed by atoms with Gasteiger partial charge in [0.15, 0.2) is 0 Å². The normalized spacial score (nSPS) is 12.4. The maximum Gasteiger partial charge on any atom is 0.329 e. The molecule has 11 nitrogen and oxygen atoms in total. The summed E-state index contributed by atoms with van der Waals surface area (Å²) in [7, 11) is 3.37. The van der Waals surface area contributed by atoms with E-state index in [2.05, 4.69) is 20.9 Å². The molecule has 0 spiro atoms. The maximum absolute atomic E-state index is 12.4. The number of carbonyl (C=O) groups is 3. The minimum atomic E-state index is -0.471. The van der Waals surface area contributed by atoms with E-state index in [-0.39, 0.29) is 31.6 Å². The van der Waals surface area contributed by atoms with E-state index >= 15 is 0 Å². The number of hydrogen-bond donors (Lipinski definition) is 3. The molecule has 0 unspecified atom stereocenters. The van der Waals surface area contributed by atoms with Gasteiger partial charge >= 0.3 is 12.1 Å². The van der Waals surface area contributed by atoms with E-state index in [9.17, 15) is 14.4 Å². The molecule has 208 valence electrons. The third-order valence-electron chi connectivity index (χ3n) is 5.80. The van der Waals surface area contributed by atoms with Gasteiger partial charge in [0.2, 0.25) is 11.8 Å². The van der Waals surface area contributed by atoms with Gasteiger partial charge in [0.25, 0.3) is 0 Å². The van der Waals surface area contributed by atoms with Crippen LogP contribution < -0.4 is 20.7 Å². The summed E-state index contributed by atoms with van der Waals surface area (Å²) < 4.78 is 5.53. The zero-order valence-corrected chi connectivity index (χ0v) is 22.9. The number of nitriles is 1. The van der Waals surface area contributed by atoms with Crippen LogP contribution in [0.4, 0.5) is 15.3 Å². The Balaban J connectivity index is 0.000000230. The second kappa shape index (κ2) is 14.9. The number of imide groups is 1. The number of aromatic nitrogens is 1. The highest BCUT2D eigenvalue weighted by atomic mass is 35.5. The number of rotatable bonds is 9. The van der Waals surface area contributed by atoms with Crippen molar-refractivity contribution < 1.29 is 19.1 Å². The number of anilines is 1. The Labute approximate surface area is 237 Å². The van der Waals surface area contributed by atoms with Gasteiger partial charge in [-0.15, -0.1) is 0 Å². The van der Waals surface area contributed by atoms with Gasteiger partial charge in [-0.1, -0.05) is 29.8 Å². The summed E-state index contributed by atoms with van der Waals surface area (Å²) in [5.41, 5.74) is 2.40. The molecule has 0 radical (unpaired) electrons. The zero-order valence-electron chi connectivity index (χ0n) is 22.2. The fraction of sp³-hybridized carbons (Fsp3) is 0.250. The maximum atomic E-state index is 12.4. The number of urea groups is 2. The fourth-order valence-electron chi connectivity index (χ4n) is 3.55. The van der Waals surface area contributed by atoms with Crippen molar-refractivity contribution in [2.24, 2.45) is 0 Å². The predicted molar refractivity (Wildman–Crippen MR) is 151 cm³/mol. The number of nitrogens with zero attached hydrogens (tertiary/aromatic N) is 4. The first-order chi connectivity index (χ1) is 19.3. The van der Waals surface area contributed by atoms with E-state index in [0.29, 0.717) is 35.3 Å². The molecule has 2 heterocycles. The predicted octanol–water partition coefficient (Wildman–Crippen LogP) is 4.21. The Hall–Kier alpha value is -4.82. The van der Waals surface area contributed by atoms with Gasteiger partial charge in [-0.25, -0.2) is 19.5 Å². The highest BCUT2D eigenvalue weighted by Gasteiger charge is 2.31. The minimum Gasteiger partial charge on any atom is -0.439 e. The first-order valence-corrected chi connectivity index (χ1v) is 12.8. The van der Waals surface area contributed by atoms with Crippen molar-refractivity contribution in [1.82, 2.24) is 25.4 Å². The van der Waals surface area contributed by atoms with E-state index in [1.54, 1.807) is 35.2 Å². The first kappa shape index (κ1) is 29.7. The third kappa shape index (κ3) is 8.89. The fourth-order valence-corrected chi connectivity index (χ4v) is 3.68. The van der Waals surface area contributed by atoms with Crippen molar-refractivity contribution >= 4 is 35.3 Å². The van der Waals surface area contributed by atoms with E-state index in [1.165, 1.54) is 7.05 Å². The van der Waals surface area contributed by atoms with Crippen LogP contribution in [0.1, 0.15) is 17.7 Å². The average Bonchev–Trinajstić information content (AvgIpc) is 2.98. The van der Waals surface area contributed by atoms with Gasteiger partial charge in [-0.2, -0.15) is 5.26 Å². The Morgan fingerprint density at radius 1 is 1.07 bits per heavy atom. The summed E-state index contributed by atoms with van der Waals surface area (Å²) in [4.78, 5) is 42.0. The van der Waals surface area contributed by atoms with Crippen LogP contribution in [-0.4, -0.2) is 66.6 Å². The molecule has 0 bridgehead atoms. The topological polar surface area (TPSA) is 140 Å². The van der Waals surface area contributed by atoms with Gasteiger partial charge < -0.3 is 25.6 Å². The van der Waals surface area contributed by atoms with Crippen LogP contribution >= 0.6 is 11.6 Å². The lowest BCUT2D eigenvalue weighted by molar-refractivity contribution is -0.120. The lowest BCUT2D eigenvalue weighted by Crippen LogP contribution is -2.60. The molecule has 0 saturated carbocycles. The van der Waals surface area contributed by atoms with Gasteiger partial charge in [0, 0.05) is 50.4 Å². The molecular weight excluding hydrogens is 534 g/mol. The molecule has 5 amide bonds. The summed E-state index contributed by atoms with van der Waals surface area (Å²) in [5.74, 6) is 0.886. The molecule has 2 aromatic carbocycles. The molecule has 1 fully saturated rings. The van der Waals surface area contributed by atoms with E-state index in [1.807, 2.05) is 49.5 Å². The smallest absolute Gasteiger partial charge is 0.329 e. The van der Waals surface area contributed by atoms with Gasteiger partial charge in [0.1, 0.15) is 17.5 Å². The number of nitrogens with one attached hydrogen (secondary N) is 3. The van der Waals surface area contributed by atoms with Crippen LogP contribution in [0.15, 0.2) is 66.7 Å². The van der Waals surface area contributed by atoms with Gasteiger partial charge in [-0.3, -0.25) is 4.79 Å². The number of amides is 5. The monoisotopic (exact) mass is 563 g/mol. The highest BCUT2D eigenvalue weighted by molar-refractivity contribution is 6.30. The van der Waals surface area contributed by atoms with E-state index < -0.39 is 6.03 Å². The number of pyridine rings is 1. The van der Waals surface area contributed by atoms with Crippen molar-refractivity contribution in [1.29, 1.82) is 5.26 Å². The summed E-state index contributed by atoms with van der Waals surface area (Å²) >= 11 is 5.84. The van der Waals surface area contributed by atoms with Crippen LogP contribution in [0.2, 0.25) is 5.02 Å². The van der Waals surface area contributed by atoms with Crippen LogP contribution in [0.25, 0.3) is 0 Å². The van der Waals surface area contributed by atoms with Gasteiger partial charge in [0.05, 0.1) is 6.67 Å². The standard InChI is InChI=1S/C15H19ClN4O3.C13H11N3O/c1-17-13(21)7-9-20-14(22)18-10-19(15(20)23)8-6-11-2-4-12(16)5-3-11;1-15-10-5-7-12(8-6-10)17-13-4-2-3-11(9-14)16-13/h2-5H,6-10H2,1H3,(H,17,21)(H,18,22);2-8,15H,1H3. The molecule has 0 aliphatic carbocycles. The Bertz CT molecular complexity index is 1340. The van der Waals surface area contributed by atoms with Crippen molar-refractivity contribution in [3.63, 3.8) is 0 Å². The molecule has 1 aliphatic rings. The van der Waals surface area contributed by atoms with E-state index in [4.69, 9.17) is 21.6 Å². The molecule has 1 aliphatic heterocycles. The second-order valence-corrected chi connectivity index (χ2v) is 8.92. The Morgan fingerprint density at radius 2 is 1.80 bits per heavy atom. The van der Waals surface area contributed by atoms with Crippen molar-refractivity contribution in [2.45, 2.75) is 12.8 Å². The molecular formula is C28H30ClN7O4. The number of hydrogen-bond acceptors (Lipinski definition) is 7. The number of carbonyl (C=O) groups excluding carboxylic acids is 3. The van der Waals surface area contributed by atoms with Crippen LogP contribution in [-0.2, 0) is 11.2 Å². The Morgan fingerprint density at radius 3 is 2.45 bits per heavy atom. The summed E-state index contributed by atoms with van der Waals surface area (Å²) in [6, 6.07) is 21.1. The quantitative estimate of drug-likeness (QED) is 0.354. The van der Waals surface area contributed by atoms with Crippen LogP contribution in [0.5, 0.6) is 11.6 Å². The van der Waals surface area contributed by atoms with Crippen molar-refractivity contribution in [3.05, 3.63) is 83.0 Å². The lowest BCUT2D eigenvalue weighted by Gasteiger charge is -2.34. The van der Waals surface area contributed by atoms with E-state index in [0.717, 1.165) is 16.2 Å². The first-order valence-electron chi connectivity index (χ1n) is 12.4. The average molecular weight is 564 g/mol. The summed E-state index contributed by atoms with van der Waals surface area (Å²) in [6.45, 7) is 0.695. The molecule has 1 aromatic heterocycles. The minimum absolute atomic E-state index is 0.0573. The lowest BCUT2D eigenvalue weighted by atomic mass is 10.1. The molecule has 1 saturated heterocycles. The number of halogens is 1. The van der Waals surface area contributed by atoms with Crippen molar-refractivity contribution in [2.75, 3.05) is 39.2 Å². The molecule has 3 N–H and O–H groups in total. The van der Waals surface area contributed by atoms with Crippen LogP contribution in [0.3, 0.4) is 0 Å². The highest BCUT2D eigenvalue weighted by Crippen LogP contribution is 2.21. The summed E-state index contributed by atoms with van der Waals surface area (Å²) in [5, 5.41) is 17.5. The second-order valence-electron chi connectivity index (χ2n) is 8.49. The third-order valence-corrected chi connectivity index (χ3v) is 6.05. The van der Waals surface area contributed by atoms with Crippen LogP contribution in [0, 0.1) is 11.3 Å². The van der Waals surface area contributed by atoms with Crippen molar-refractivity contribution in [3.8, 4) is 17.7 Å². The molecule has 40 heavy (non-hydrogen) atoms.